The second kappa shape index (κ2) is 6.79. The first-order chi connectivity index (χ1) is 3.00. The number of nitrogens with two attached hydrogens (primary N) is 1. The van der Waals surface area contributed by atoms with Crippen molar-refractivity contribution in [2.24, 2.45) is 5.14 Å². The molecule has 0 heterocycles. The Hall–Kier alpha value is -0.210. The average molecular weight is 146 g/mol. The van der Waals surface area contributed by atoms with Crippen LogP contribution < -0.4 is 10.9 Å². The molecule has 6 nitrogen and oxygen atoms in total. The van der Waals surface area contributed by atoms with Crippen LogP contribution in [0.2, 0.25) is 0 Å². The highest BCUT2D eigenvalue weighted by Crippen LogP contribution is 1.49. The van der Waals surface area contributed by atoms with Gasteiger partial charge in [0.1, 0.15) is 0 Å². The van der Waals surface area contributed by atoms with Crippen LogP contribution in [0.1, 0.15) is 0 Å². The fourth-order valence-electron chi connectivity index (χ4n) is 0. The summed E-state index contributed by atoms with van der Waals surface area (Å²) in [5.74, 6) is 0. The molecule has 0 saturated heterocycles. The molecule has 0 aromatic rings. The highest BCUT2D eigenvalue weighted by molar-refractivity contribution is 7.83. The van der Waals surface area contributed by atoms with Gasteiger partial charge in [-0.15, -0.1) is 0 Å². The van der Waals surface area contributed by atoms with Gasteiger partial charge in [-0.05, 0) is 0 Å². The monoisotopic (exact) mass is 146 g/mol. The average Bonchev–Trinajstić information content (AvgIpc) is 1.36. The fourth-order valence-corrected chi connectivity index (χ4v) is 0. The molecule has 0 atom stereocenters. The Kier molecular flexibility index (Phi) is 13.3. The lowest BCUT2D eigenvalue weighted by molar-refractivity contribution is -0.325. The van der Waals surface area contributed by atoms with Gasteiger partial charge in [-0.25, -0.2) is 13.6 Å². The van der Waals surface area contributed by atoms with E-state index in [4.69, 9.17) is 13.0 Å². The lowest BCUT2D eigenvalue weighted by Crippen LogP contribution is -2.40. The summed E-state index contributed by atoms with van der Waals surface area (Å²) in [6.45, 7) is 0. The molecule has 0 radical (unpaired) electrons. The standard InChI is InChI=1S/CH5N.H3NO3S.H2O/c1-2;1-5(2,3)4;/h2H2,1H3;(H3,1,2,3,4);1H2. The summed E-state index contributed by atoms with van der Waals surface area (Å²) in [7, 11) is -2.67. The van der Waals surface area contributed by atoms with E-state index >= 15 is 0 Å². The molecular formula is CH10N2O4S. The SMILES string of the molecule is C[NH3+].NS(=O)(=O)[O-].O. The van der Waals surface area contributed by atoms with E-state index in [0.717, 1.165) is 0 Å². The predicted octanol–water partition coefficient (Wildman–Crippen LogP) is -3.56. The maximum Gasteiger partial charge on any atom is 0.156 e. The zero-order chi connectivity index (χ0) is 6.50. The van der Waals surface area contributed by atoms with Crippen molar-refractivity contribution in [3.63, 3.8) is 0 Å². The molecule has 0 aliphatic rings. The molecule has 54 valence electrons. The van der Waals surface area contributed by atoms with Crippen LogP contribution in [0.25, 0.3) is 0 Å². The van der Waals surface area contributed by atoms with Crippen LogP contribution in [0.15, 0.2) is 0 Å². The molecular weight excluding hydrogens is 136 g/mol. The maximum atomic E-state index is 8.85. The quantitative estimate of drug-likeness (QED) is 0.341. The van der Waals surface area contributed by atoms with E-state index in [9.17, 15) is 0 Å². The van der Waals surface area contributed by atoms with Crippen molar-refractivity contribution >= 4 is 10.3 Å². The predicted molar refractivity (Wildman–Crippen MR) is 26.3 cm³/mol. The molecule has 0 aromatic carbocycles. The minimum Gasteiger partial charge on any atom is -0.736 e. The van der Waals surface area contributed by atoms with Crippen LogP contribution in [-0.2, 0) is 10.3 Å². The van der Waals surface area contributed by atoms with E-state index in [-0.39, 0.29) is 5.48 Å². The summed E-state index contributed by atoms with van der Waals surface area (Å²) in [6.07, 6.45) is 0. The van der Waals surface area contributed by atoms with Gasteiger partial charge in [0, 0.05) is 0 Å². The van der Waals surface area contributed by atoms with Gasteiger partial charge in [0.15, 0.2) is 10.3 Å². The van der Waals surface area contributed by atoms with Crippen molar-refractivity contribution in [1.82, 2.24) is 0 Å². The van der Waals surface area contributed by atoms with E-state index in [0.29, 0.717) is 0 Å². The molecule has 7 heteroatoms. The van der Waals surface area contributed by atoms with Gasteiger partial charge in [0.2, 0.25) is 0 Å². The van der Waals surface area contributed by atoms with Crippen LogP contribution in [0, 0.1) is 0 Å². The third-order valence-electron chi connectivity index (χ3n) is 0. The molecule has 0 aromatic heterocycles. The van der Waals surface area contributed by atoms with E-state index in [2.05, 4.69) is 10.9 Å². The summed E-state index contributed by atoms with van der Waals surface area (Å²) >= 11 is 0. The highest BCUT2D eigenvalue weighted by Gasteiger charge is 1.64. The molecule has 0 fully saturated rings. The van der Waals surface area contributed by atoms with E-state index in [1.807, 2.05) is 0 Å². The highest BCUT2D eigenvalue weighted by atomic mass is 32.2. The van der Waals surface area contributed by atoms with Crippen LogP contribution in [0.4, 0.5) is 0 Å². The largest absolute Gasteiger partial charge is 0.736 e. The van der Waals surface area contributed by atoms with Gasteiger partial charge in [-0.1, -0.05) is 0 Å². The Morgan fingerprint density at radius 3 is 1.50 bits per heavy atom. The van der Waals surface area contributed by atoms with Crippen LogP contribution in [0.3, 0.4) is 0 Å². The second-order valence-corrected chi connectivity index (χ2v) is 1.48. The van der Waals surface area contributed by atoms with Crippen LogP contribution in [-0.4, -0.2) is 25.5 Å². The Morgan fingerprint density at radius 1 is 1.50 bits per heavy atom. The molecule has 0 aliphatic heterocycles. The summed E-state index contributed by atoms with van der Waals surface area (Å²) in [5.41, 5.74) is 3.25. The van der Waals surface area contributed by atoms with E-state index < -0.39 is 10.3 Å². The molecule has 0 rings (SSSR count). The van der Waals surface area contributed by atoms with Gasteiger partial charge in [0.05, 0.1) is 7.05 Å². The molecule has 0 bridgehead atoms. The lowest BCUT2D eigenvalue weighted by atomic mass is 11.6. The summed E-state index contributed by atoms with van der Waals surface area (Å²) < 4.78 is 26.6. The van der Waals surface area contributed by atoms with Gasteiger partial charge in [0.25, 0.3) is 0 Å². The number of rotatable bonds is 0. The van der Waals surface area contributed by atoms with Crippen molar-refractivity contribution in [2.75, 3.05) is 7.05 Å². The van der Waals surface area contributed by atoms with Crippen LogP contribution >= 0.6 is 0 Å². The molecule has 0 unspecified atom stereocenters. The number of hydrogen-bond acceptors (Lipinski definition) is 3. The first-order valence-corrected chi connectivity index (χ1v) is 2.91. The van der Waals surface area contributed by atoms with E-state index in [1.165, 1.54) is 0 Å². The first kappa shape index (κ1) is 15.7. The lowest BCUT2D eigenvalue weighted by Gasteiger charge is -1.90. The molecule has 8 heavy (non-hydrogen) atoms. The van der Waals surface area contributed by atoms with Crippen molar-refractivity contribution in [1.29, 1.82) is 0 Å². The number of quaternary nitrogens is 1. The van der Waals surface area contributed by atoms with Crippen molar-refractivity contribution < 1.29 is 24.2 Å². The number of hydrogen-bond donors (Lipinski definition) is 2. The molecule has 0 spiro atoms. The Morgan fingerprint density at radius 2 is 1.50 bits per heavy atom. The normalized spacial score (nSPS) is 8.00. The second-order valence-electron chi connectivity index (χ2n) is 0.493. The molecule has 0 saturated carbocycles. The third kappa shape index (κ3) is 3010. The van der Waals surface area contributed by atoms with Crippen molar-refractivity contribution in [3.05, 3.63) is 0 Å². The van der Waals surface area contributed by atoms with Crippen molar-refractivity contribution in [2.45, 2.75) is 0 Å². The van der Waals surface area contributed by atoms with Gasteiger partial charge < -0.3 is 15.8 Å². The van der Waals surface area contributed by atoms with Crippen LogP contribution in [0.5, 0.6) is 0 Å². The Bertz CT molecular complexity index is 97.2. The third-order valence-corrected chi connectivity index (χ3v) is 0. The van der Waals surface area contributed by atoms with Crippen molar-refractivity contribution in [3.8, 4) is 0 Å². The van der Waals surface area contributed by atoms with Gasteiger partial charge >= 0.3 is 0 Å². The zero-order valence-electron chi connectivity index (χ0n) is 4.42. The van der Waals surface area contributed by atoms with Gasteiger partial charge in [-0.2, -0.15) is 0 Å². The van der Waals surface area contributed by atoms with Gasteiger partial charge in [-0.3, -0.25) is 0 Å². The fraction of sp³-hybridized carbons (Fsp3) is 1.00. The minimum atomic E-state index is -4.42. The minimum absolute atomic E-state index is 0. The Labute approximate surface area is 47.7 Å². The summed E-state index contributed by atoms with van der Waals surface area (Å²) in [4.78, 5) is 0. The summed E-state index contributed by atoms with van der Waals surface area (Å²) in [6, 6.07) is 0. The first-order valence-electron chi connectivity index (χ1n) is 1.44. The zero-order valence-corrected chi connectivity index (χ0v) is 5.23. The summed E-state index contributed by atoms with van der Waals surface area (Å²) in [5, 5.41) is 3.77. The topological polar surface area (TPSA) is 142 Å². The van der Waals surface area contributed by atoms with E-state index in [1.54, 1.807) is 7.05 Å². The molecule has 7 N–H and O–H groups in total. The maximum absolute atomic E-state index is 8.85. The molecule has 0 amide bonds. The molecule has 0 aliphatic carbocycles. The smallest absolute Gasteiger partial charge is 0.156 e. The Balaban J connectivity index is -0.0000000750.